The van der Waals surface area contributed by atoms with Crippen molar-refractivity contribution in [1.82, 2.24) is 5.32 Å². The van der Waals surface area contributed by atoms with Gasteiger partial charge in [-0.05, 0) is 17.7 Å². The van der Waals surface area contributed by atoms with Gasteiger partial charge in [-0.2, -0.15) is 0 Å². The Morgan fingerprint density at radius 3 is 2.50 bits per heavy atom. The number of methoxy groups -OCH3 is 2. The summed E-state index contributed by atoms with van der Waals surface area (Å²) >= 11 is 3.52. The van der Waals surface area contributed by atoms with Gasteiger partial charge < -0.3 is 19.5 Å². The number of hydrogen-bond acceptors (Lipinski definition) is 4. The first-order valence-corrected chi connectivity index (χ1v) is 8.26. The Bertz CT molecular complexity index is 611. The van der Waals surface area contributed by atoms with Crippen LogP contribution in [0, 0.1) is 0 Å². The summed E-state index contributed by atoms with van der Waals surface area (Å²) in [6.07, 6.45) is 0. The first-order chi connectivity index (χ1) is 11.2. The number of halogens is 2. The minimum Gasteiger partial charge on any atom is -0.493 e. The monoisotopic (exact) mass is 415 g/mol. The predicted octanol–water partition coefficient (Wildman–Crippen LogP) is 4.19. The number of ether oxygens (including phenoxy) is 3. The molecule has 0 aliphatic carbocycles. The molecule has 0 saturated carbocycles. The zero-order chi connectivity index (χ0) is 16.5. The van der Waals surface area contributed by atoms with Crippen LogP contribution in [0.15, 0.2) is 46.9 Å². The molecule has 0 heterocycles. The molecule has 0 fully saturated rings. The Hall–Kier alpha value is -1.27. The predicted molar refractivity (Wildman–Crippen MR) is 102 cm³/mol. The van der Waals surface area contributed by atoms with Gasteiger partial charge in [-0.15, -0.1) is 12.4 Å². The molecule has 4 nitrogen and oxygen atoms in total. The molecule has 132 valence electrons. The summed E-state index contributed by atoms with van der Waals surface area (Å²) < 4.78 is 17.5. The second-order valence-corrected chi connectivity index (χ2v) is 5.96. The Kier molecular flexibility index (Phi) is 9.79. The molecule has 2 aromatic carbocycles. The first kappa shape index (κ1) is 20.8. The van der Waals surface area contributed by atoms with Gasteiger partial charge in [-0.1, -0.05) is 46.3 Å². The highest BCUT2D eigenvalue weighted by Gasteiger charge is 2.13. The van der Waals surface area contributed by atoms with E-state index in [1.165, 1.54) is 0 Å². The summed E-state index contributed by atoms with van der Waals surface area (Å²) in [6, 6.07) is 14.1. The summed E-state index contributed by atoms with van der Waals surface area (Å²) in [7, 11) is 3.34. The summed E-state index contributed by atoms with van der Waals surface area (Å²) in [6.45, 7) is 2.64. The maximum atomic E-state index is 6.04. The lowest BCUT2D eigenvalue weighted by Gasteiger charge is -2.16. The largest absolute Gasteiger partial charge is 0.493 e. The summed E-state index contributed by atoms with van der Waals surface area (Å²) in [4.78, 5) is 0. The Balaban J connectivity index is 0.00000288. The SMILES string of the molecule is COCCNCc1cc(Br)cc(OC)c1OCc1ccccc1.Cl. The molecule has 0 radical (unpaired) electrons. The molecule has 0 amide bonds. The lowest BCUT2D eigenvalue weighted by molar-refractivity contribution is 0.199. The van der Waals surface area contributed by atoms with Gasteiger partial charge in [-0.25, -0.2) is 0 Å². The lowest BCUT2D eigenvalue weighted by Crippen LogP contribution is -2.19. The number of nitrogens with one attached hydrogen (secondary N) is 1. The molecule has 2 aromatic rings. The van der Waals surface area contributed by atoms with Crippen molar-refractivity contribution >= 4 is 28.3 Å². The average Bonchev–Trinajstić information content (AvgIpc) is 2.58. The maximum Gasteiger partial charge on any atom is 0.166 e. The standard InChI is InChI=1S/C18H22BrNO3.ClH/c1-21-9-8-20-12-15-10-16(19)11-17(22-2)18(15)23-13-14-6-4-3-5-7-14;/h3-7,10-11,20H,8-9,12-13H2,1-2H3;1H. The zero-order valence-electron chi connectivity index (χ0n) is 13.9. The third-order valence-corrected chi connectivity index (χ3v) is 3.80. The lowest BCUT2D eigenvalue weighted by atomic mass is 10.1. The second kappa shape index (κ2) is 11.3. The normalized spacial score (nSPS) is 10.1. The van der Waals surface area contributed by atoms with E-state index in [0.717, 1.165) is 33.6 Å². The first-order valence-electron chi connectivity index (χ1n) is 7.47. The third kappa shape index (κ3) is 6.32. The van der Waals surface area contributed by atoms with Crippen LogP contribution in [0.25, 0.3) is 0 Å². The molecule has 2 rings (SSSR count). The van der Waals surface area contributed by atoms with Gasteiger partial charge in [0.05, 0.1) is 13.7 Å². The van der Waals surface area contributed by atoms with E-state index >= 15 is 0 Å². The summed E-state index contributed by atoms with van der Waals surface area (Å²) in [5.74, 6) is 1.49. The van der Waals surface area contributed by atoms with Gasteiger partial charge in [0.2, 0.25) is 0 Å². The van der Waals surface area contributed by atoms with Gasteiger partial charge in [-0.3, -0.25) is 0 Å². The second-order valence-electron chi connectivity index (χ2n) is 5.04. The molecule has 0 atom stereocenters. The zero-order valence-corrected chi connectivity index (χ0v) is 16.3. The van der Waals surface area contributed by atoms with E-state index in [0.29, 0.717) is 19.8 Å². The molecule has 0 saturated heterocycles. The van der Waals surface area contributed by atoms with Crippen molar-refractivity contribution in [3.63, 3.8) is 0 Å². The van der Waals surface area contributed by atoms with Gasteiger partial charge >= 0.3 is 0 Å². The van der Waals surface area contributed by atoms with Crippen LogP contribution < -0.4 is 14.8 Å². The fraction of sp³-hybridized carbons (Fsp3) is 0.333. The van der Waals surface area contributed by atoms with Crippen LogP contribution in [-0.4, -0.2) is 27.4 Å². The molecular formula is C18H23BrClNO3. The molecule has 0 unspecified atom stereocenters. The van der Waals surface area contributed by atoms with Crippen LogP contribution in [0.5, 0.6) is 11.5 Å². The van der Waals surface area contributed by atoms with Crippen LogP contribution >= 0.6 is 28.3 Å². The van der Waals surface area contributed by atoms with Crippen molar-refractivity contribution in [2.45, 2.75) is 13.2 Å². The molecule has 24 heavy (non-hydrogen) atoms. The van der Waals surface area contributed by atoms with Crippen LogP contribution in [0.1, 0.15) is 11.1 Å². The van der Waals surface area contributed by atoms with Crippen molar-refractivity contribution in [2.24, 2.45) is 0 Å². The molecule has 0 bridgehead atoms. The fourth-order valence-electron chi connectivity index (χ4n) is 2.20. The molecular weight excluding hydrogens is 394 g/mol. The van der Waals surface area contributed by atoms with Gasteiger partial charge in [0, 0.05) is 30.2 Å². The van der Waals surface area contributed by atoms with Crippen molar-refractivity contribution in [1.29, 1.82) is 0 Å². The van der Waals surface area contributed by atoms with Gasteiger partial charge in [0.15, 0.2) is 11.5 Å². The maximum absolute atomic E-state index is 6.04. The summed E-state index contributed by atoms with van der Waals surface area (Å²) in [5, 5.41) is 3.34. The highest BCUT2D eigenvalue weighted by Crippen LogP contribution is 2.35. The molecule has 0 aromatic heterocycles. The molecule has 1 N–H and O–H groups in total. The molecule has 0 spiro atoms. The van der Waals surface area contributed by atoms with E-state index in [4.69, 9.17) is 14.2 Å². The third-order valence-electron chi connectivity index (χ3n) is 3.34. The smallest absolute Gasteiger partial charge is 0.166 e. The van der Waals surface area contributed by atoms with Gasteiger partial charge in [0.1, 0.15) is 6.61 Å². The van der Waals surface area contributed by atoms with Crippen LogP contribution in [0.2, 0.25) is 0 Å². The number of rotatable bonds is 9. The fourth-order valence-corrected chi connectivity index (χ4v) is 2.68. The van der Waals surface area contributed by atoms with Crippen LogP contribution in [-0.2, 0) is 17.9 Å². The van der Waals surface area contributed by atoms with E-state index in [1.807, 2.05) is 42.5 Å². The number of hydrogen-bond donors (Lipinski definition) is 1. The Morgan fingerprint density at radius 1 is 1.08 bits per heavy atom. The van der Waals surface area contributed by atoms with Crippen LogP contribution in [0.3, 0.4) is 0 Å². The van der Waals surface area contributed by atoms with E-state index in [9.17, 15) is 0 Å². The van der Waals surface area contributed by atoms with Gasteiger partial charge in [0.25, 0.3) is 0 Å². The van der Waals surface area contributed by atoms with E-state index in [-0.39, 0.29) is 12.4 Å². The van der Waals surface area contributed by atoms with Crippen molar-refractivity contribution < 1.29 is 14.2 Å². The van der Waals surface area contributed by atoms with E-state index in [1.54, 1.807) is 14.2 Å². The minimum absolute atomic E-state index is 0. The highest BCUT2D eigenvalue weighted by molar-refractivity contribution is 9.10. The minimum atomic E-state index is 0. The topological polar surface area (TPSA) is 39.7 Å². The van der Waals surface area contributed by atoms with Crippen molar-refractivity contribution in [3.05, 3.63) is 58.1 Å². The molecule has 6 heteroatoms. The Morgan fingerprint density at radius 2 is 1.83 bits per heavy atom. The summed E-state index contributed by atoms with van der Waals surface area (Å²) in [5.41, 5.74) is 2.17. The number of benzene rings is 2. The molecule has 0 aliphatic heterocycles. The van der Waals surface area contributed by atoms with Crippen LogP contribution in [0.4, 0.5) is 0 Å². The Labute approximate surface area is 158 Å². The van der Waals surface area contributed by atoms with E-state index in [2.05, 4.69) is 21.2 Å². The molecule has 0 aliphatic rings. The van der Waals surface area contributed by atoms with Crippen molar-refractivity contribution in [2.75, 3.05) is 27.4 Å². The highest BCUT2D eigenvalue weighted by atomic mass is 79.9. The quantitative estimate of drug-likeness (QED) is 0.622. The van der Waals surface area contributed by atoms with E-state index < -0.39 is 0 Å². The average molecular weight is 417 g/mol. The van der Waals surface area contributed by atoms with Crippen molar-refractivity contribution in [3.8, 4) is 11.5 Å².